The molecule has 0 aliphatic carbocycles. The lowest BCUT2D eigenvalue weighted by molar-refractivity contribution is -0.135. The van der Waals surface area contributed by atoms with Gasteiger partial charge in [-0.1, -0.05) is 54.5 Å². The number of benzene rings is 2. The summed E-state index contributed by atoms with van der Waals surface area (Å²) < 4.78 is 10.7. The molecule has 4 rings (SSSR count). The summed E-state index contributed by atoms with van der Waals surface area (Å²) in [6.45, 7) is 6.06. The molecule has 1 aliphatic heterocycles. The van der Waals surface area contributed by atoms with E-state index in [4.69, 9.17) is 9.26 Å². The number of carbonyl (C=O) groups excluding carboxylic acids is 2. The van der Waals surface area contributed by atoms with Gasteiger partial charge in [-0.25, -0.2) is 0 Å². The minimum Gasteiger partial charge on any atom is -0.497 e. The molecule has 2 amide bonds. The van der Waals surface area contributed by atoms with E-state index in [1.807, 2.05) is 53.4 Å². The molecule has 0 bridgehead atoms. The molecule has 2 aromatic carbocycles. The van der Waals surface area contributed by atoms with E-state index >= 15 is 0 Å². The summed E-state index contributed by atoms with van der Waals surface area (Å²) in [5, 5.41) is 6.84. The predicted octanol–water partition coefficient (Wildman–Crippen LogP) is 2.86. The largest absolute Gasteiger partial charge is 0.497 e. The molecule has 0 radical (unpaired) electrons. The molecule has 0 saturated carbocycles. The van der Waals surface area contributed by atoms with Gasteiger partial charge < -0.3 is 24.4 Å². The van der Waals surface area contributed by atoms with Crippen molar-refractivity contribution < 1.29 is 18.8 Å². The van der Waals surface area contributed by atoms with Gasteiger partial charge in [-0.15, -0.1) is 0 Å². The number of methoxy groups -OCH3 is 1. The minimum atomic E-state index is -0.694. The van der Waals surface area contributed by atoms with Crippen molar-refractivity contribution in [3.63, 3.8) is 0 Å². The summed E-state index contributed by atoms with van der Waals surface area (Å²) in [5.74, 6) is 0.603. The Balaban J connectivity index is 1.50. The Morgan fingerprint density at radius 3 is 2.53 bits per heavy atom. The van der Waals surface area contributed by atoms with Crippen LogP contribution >= 0.6 is 0 Å². The highest BCUT2D eigenvalue weighted by molar-refractivity contribution is 5.96. The second-order valence-corrected chi connectivity index (χ2v) is 8.28. The Morgan fingerprint density at radius 1 is 1.06 bits per heavy atom. The van der Waals surface area contributed by atoms with Crippen molar-refractivity contribution in [1.29, 1.82) is 0 Å². The third-order valence-electron chi connectivity index (χ3n) is 6.11. The molecule has 178 valence electrons. The number of nitrogens with zero attached hydrogens (tertiary/aromatic N) is 3. The minimum absolute atomic E-state index is 0.0792. The number of carbonyl (C=O) groups is 2. The van der Waals surface area contributed by atoms with Crippen molar-refractivity contribution in [3.05, 3.63) is 71.9 Å². The first kappa shape index (κ1) is 23.5. The summed E-state index contributed by atoms with van der Waals surface area (Å²) in [7, 11) is 1.59. The lowest BCUT2D eigenvalue weighted by atomic mass is 10.0. The van der Waals surface area contributed by atoms with Crippen LogP contribution in [0.3, 0.4) is 0 Å². The van der Waals surface area contributed by atoms with E-state index in [1.54, 1.807) is 19.2 Å². The van der Waals surface area contributed by atoms with Gasteiger partial charge in [-0.05, 0) is 24.2 Å². The molecule has 1 aromatic heterocycles. The van der Waals surface area contributed by atoms with E-state index in [9.17, 15) is 9.59 Å². The van der Waals surface area contributed by atoms with Crippen LogP contribution < -0.4 is 10.1 Å². The molecule has 1 atom stereocenters. The van der Waals surface area contributed by atoms with Crippen LogP contribution in [0.5, 0.6) is 5.75 Å². The summed E-state index contributed by atoms with van der Waals surface area (Å²) in [6.07, 6.45) is 0.403. The van der Waals surface area contributed by atoms with E-state index < -0.39 is 11.9 Å². The second-order valence-electron chi connectivity index (χ2n) is 8.28. The molecule has 1 N–H and O–H groups in total. The highest BCUT2D eigenvalue weighted by Crippen LogP contribution is 2.24. The predicted molar refractivity (Wildman–Crippen MR) is 129 cm³/mol. The van der Waals surface area contributed by atoms with Gasteiger partial charge in [0, 0.05) is 44.2 Å². The van der Waals surface area contributed by atoms with E-state index in [0.717, 1.165) is 30.8 Å². The van der Waals surface area contributed by atoms with Gasteiger partial charge in [0.2, 0.25) is 5.91 Å². The summed E-state index contributed by atoms with van der Waals surface area (Å²) in [5.41, 5.74) is 1.85. The number of ether oxygens (including phenoxy) is 1. The number of likely N-dealkylation sites (N-methyl/N-ethyl adjacent to an activating group) is 1. The molecule has 34 heavy (non-hydrogen) atoms. The molecule has 2 heterocycles. The van der Waals surface area contributed by atoms with Gasteiger partial charge in [0.05, 0.1) is 7.11 Å². The second kappa shape index (κ2) is 11.0. The Kier molecular flexibility index (Phi) is 7.59. The number of piperazine rings is 1. The number of aromatic nitrogens is 1. The number of hydrogen-bond donors (Lipinski definition) is 1. The lowest BCUT2D eigenvalue weighted by Gasteiger charge is -2.36. The summed E-state index contributed by atoms with van der Waals surface area (Å²) in [4.78, 5) is 30.6. The van der Waals surface area contributed by atoms with Gasteiger partial charge in [0.15, 0.2) is 11.5 Å². The summed E-state index contributed by atoms with van der Waals surface area (Å²) >= 11 is 0. The third kappa shape index (κ3) is 5.63. The normalized spacial score (nSPS) is 15.1. The zero-order valence-electron chi connectivity index (χ0n) is 19.6. The average molecular weight is 463 g/mol. The maximum absolute atomic E-state index is 13.4. The number of nitrogens with one attached hydrogen (secondary N) is 1. The van der Waals surface area contributed by atoms with Crippen LogP contribution in [0, 0.1) is 0 Å². The van der Waals surface area contributed by atoms with Gasteiger partial charge in [0.25, 0.3) is 5.91 Å². The highest BCUT2D eigenvalue weighted by Gasteiger charge is 2.29. The van der Waals surface area contributed by atoms with Crippen LogP contribution in [0.25, 0.3) is 11.3 Å². The van der Waals surface area contributed by atoms with Crippen molar-refractivity contribution in [2.24, 2.45) is 0 Å². The van der Waals surface area contributed by atoms with Crippen LogP contribution in [-0.4, -0.2) is 72.6 Å². The monoisotopic (exact) mass is 462 g/mol. The summed E-state index contributed by atoms with van der Waals surface area (Å²) in [6, 6.07) is 17.9. The van der Waals surface area contributed by atoms with E-state index in [-0.39, 0.29) is 11.6 Å². The smallest absolute Gasteiger partial charge is 0.274 e. The van der Waals surface area contributed by atoms with E-state index in [2.05, 4.69) is 22.3 Å². The molecule has 1 fully saturated rings. The Morgan fingerprint density at radius 2 is 1.82 bits per heavy atom. The molecular weight excluding hydrogens is 432 g/mol. The Hall–Kier alpha value is -3.65. The fraction of sp³-hybridized carbons (Fsp3) is 0.346. The molecule has 8 heteroatoms. The number of amides is 2. The molecule has 3 aromatic rings. The van der Waals surface area contributed by atoms with Crippen LogP contribution in [0.15, 0.2) is 65.2 Å². The van der Waals surface area contributed by atoms with Gasteiger partial charge >= 0.3 is 0 Å². The number of hydrogen-bond acceptors (Lipinski definition) is 6. The maximum Gasteiger partial charge on any atom is 0.274 e. The highest BCUT2D eigenvalue weighted by atomic mass is 16.5. The molecule has 8 nitrogen and oxygen atoms in total. The standard InChI is InChI=1S/C26H30N4O4/c1-3-29-12-14-30(15-13-29)26(32)23(16-19-8-5-4-6-9-19)27-25(31)22-18-24(34-28-22)20-10-7-11-21(17-20)33-2/h4-11,17-18,23H,3,12-16H2,1-2H3,(H,27,31)/t23-/m1/s1. The molecule has 1 saturated heterocycles. The van der Waals surface area contributed by atoms with Gasteiger partial charge in [-0.3, -0.25) is 9.59 Å². The van der Waals surface area contributed by atoms with Gasteiger partial charge in [-0.2, -0.15) is 0 Å². The van der Waals surface area contributed by atoms with Crippen molar-refractivity contribution in [2.45, 2.75) is 19.4 Å². The molecule has 0 unspecified atom stereocenters. The van der Waals surface area contributed by atoms with Crippen LogP contribution in [-0.2, 0) is 11.2 Å². The first-order chi connectivity index (χ1) is 16.6. The number of rotatable bonds is 8. The zero-order valence-corrected chi connectivity index (χ0v) is 19.6. The van der Waals surface area contributed by atoms with Crippen molar-refractivity contribution in [3.8, 4) is 17.1 Å². The van der Waals surface area contributed by atoms with Crippen LogP contribution in [0.2, 0.25) is 0 Å². The molecule has 0 spiro atoms. The lowest BCUT2D eigenvalue weighted by Crippen LogP contribution is -2.55. The van der Waals surface area contributed by atoms with Crippen molar-refractivity contribution >= 4 is 11.8 Å². The third-order valence-corrected chi connectivity index (χ3v) is 6.11. The van der Waals surface area contributed by atoms with E-state index in [0.29, 0.717) is 31.0 Å². The topological polar surface area (TPSA) is 87.9 Å². The average Bonchev–Trinajstić information content (AvgIpc) is 3.39. The fourth-order valence-electron chi connectivity index (χ4n) is 4.08. The van der Waals surface area contributed by atoms with Crippen LogP contribution in [0.1, 0.15) is 23.0 Å². The maximum atomic E-state index is 13.4. The Bertz CT molecular complexity index is 1110. The SMILES string of the molecule is CCN1CCN(C(=O)[C@@H](Cc2ccccc2)NC(=O)c2cc(-c3cccc(OC)c3)on2)CC1. The fourth-order valence-corrected chi connectivity index (χ4v) is 4.08. The van der Waals surface area contributed by atoms with Crippen molar-refractivity contribution in [2.75, 3.05) is 39.8 Å². The molecular formula is C26H30N4O4. The first-order valence-corrected chi connectivity index (χ1v) is 11.5. The quantitative estimate of drug-likeness (QED) is 0.554. The van der Waals surface area contributed by atoms with E-state index in [1.165, 1.54) is 0 Å². The first-order valence-electron chi connectivity index (χ1n) is 11.5. The van der Waals surface area contributed by atoms with Crippen molar-refractivity contribution in [1.82, 2.24) is 20.3 Å². The molecule has 1 aliphatic rings. The van der Waals surface area contributed by atoms with Crippen LogP contribution in [0.4, 0.5) is 0 Å². The van der Waals surface area contributed by atoms with Gasteiger partial charge in [0.1, 0.15) is 11.8 Å². The Labute approximate surface area is 199 Å². The zero-order chi connectivity index (χ0) is 23.9.